The van der Waals surface area contributed by atoms with Crippen LogP contribution in [0.3, 0.4) is 0 Å². The third kappa shape index (κ3) is 4.36. The van der Waals surface area contributed by atoms with Crippen LogP contribution in [-0.4, -0.2) is 49.8 Å². The van der Waals surface area contributed by atoms with Crippen LogP contribution in [0.5, 0.6) is 0 Å². The number of anilines is 1. The number of hydrogen-bond donors (Lipinski definition) is 1. The Morgan fingerprint density at radius 3 is 2.55 bits per heavy atom. The summed E-state index contributed by atoms with van der Waals surface area (Å²) < 4.78 is 1.58. The number of benzene rings is 2. The maximum absolute atomic E-state index is 13.2. The largest absolute Gasteiger partial charge is 0.329 e. The van der Waals surface area contributed by atoms with Gasteiger partial charge in [-0.15, -0.1) is 0 Å². The highest BCUT2D eigenvalue weighted by molar-refractivity contribution is 6.06. The molecule has 0 saturated carbocycles. The molecule has 2 aromatic carbocycles. The SMILES string of the molecule is CC(=O)c1nn(CC(=O)N2CC[C@H]2C(=O)Nc2cccc(C)n2)c2ccc(-c3ccc4c(c3)CCC4)cc12. The van der Waals surface area contributed by atoms with E-state index < -0.39 is 6.04 Å². The molecule has 4 aromatic rings. The van der Waals surface area contributed by atoms with Gasteiger partial charge in [-0.2, -0.15) is 5.10 Å². The minimum atomic E-state index is -0.551. The Morgan fingerprint density at radius 2 is 1.79 bits per heavy atom. The zero-order valence-electron chi connectivity index (χ0n) is 21.5. The summed E-state index contributed by atoms with van der Waals surface area (Å²) in [7, 11) is 0. The molecule has 1 fully saturated rings. The standard InChI is InChI=1S/C30H29N5O3/c1-18-5-3-8-27(31-18)32-30(38)26-13-14-34(26)28(37)17-35-25-12-11-23(16-24(25)29(33-35)19(2)36)22-10-9-20-6-4-7-21(20)15-22/h3,5,8-12,15-16,26H,4,6-7,13-14,17H2,1-2H3,(H,31,32,38)/t26-/m0/s1. The van der Waals surface area contributed by atoms with E-state index in [2.05, 4.69) is 33.6 Å². The number of hydrogen-bond acceptors (Lipinski definition) is 5. The molecule has 1 N–H and O–H groups in total. The molecule has 0 spiro atoms. The average molecular weight is 508 g/mol. The molecule has 0 bridgehead atoms. The molecule has 38 heavy (non-hydrogen) atoms. The summed E-state index contributed by atoms with van der Waals surface area (Å²) in [5.41, 5.74) is 6.81. The van der Waals surface area contributed by atoms with E-state index in [0.29, 0.717) is 24.5 Å². The quantitative estimate of drug-likeness (QED) is 0.392. The molecule has 6 rings (SSSR count). The van der Waals surface area contributed by atoms with Crippen molar-refractivity contribution in [1.82, 2.24) is 19.7 Å². The van der Waals surface area contributed by atoms with Crippen LogP contribution < -0.4 is 5.32 Å². The second-order valence-electron chi connectivity index (χ2n) is 10.2. The van der Waals surface area contributed by atoms with Crippen LogP contribution in [-0.2, 0) is 29.0 Å². The topological polar surface area (TPSA) is 97.2 Å². The van der Waals surface area contributed by atoms with Gasteiger partial charge in [-0.1, -0.05) is 30.3 Å². The van der Waals surface area contributed by atoms with Gasteiger partial charge in [0.05, 0.1) is 5.52 Å². The number of aromatic nitrogens is 3. The van der Waals surface area contributed by atoms with Gasteiger partial charge < -0.3 is 10.2 Å². The number of carbonyl (C=O) groups excluding carboxylic acids is 3. The molecule has 2 aliphatic rings. The Morgan fingerprint density at radius 1 is 1.00 bits per heavy atom. The van der Waals surface area contributed by atoms with Gasteiger partial charge in [0.2, 0.25) is 11.8 Å². The number of fused-ring (bicyclic) bond motifs is 2. The number of ketones is 1. The maximum Gasteiger partial charge on any atom is 0.248 e. The Hall–Kier alpha value is -4.33. The predicted octanol–water partition coefficient (Wildman–Crippen LogP) is 4.34. The van der Waals surface area contributed by atoms with Crippen molar-refractivity contribution in [3.05, 3.63) is 77.1 Å². The van der Waals surface area contributed by atoms with Crippen LogP contribution in [0, 0.1) is 6.92 Å². The van der Waals surface area contributed by atoms with Crippen molar-refractivity contribution in [2.24, 2.45) is 0 Å². The summed E-state index contributed by atoms with van der Waals surface area (Å²) in [6.45, 7) is 3.80. The second-order valence-corrected chi connectivity index (χ2v) is 10.2. The normalized spacial score (nSPS) is 16.3. The number of likely N-dealkylation sites (tertiary alicyclic amines) is 1. The summed E-state index contributed by atoms with van der Waals surface area (Å²) >= 11 is 0. The van der Waals surface area contributed by atoms with Gasteiger partial charge in [-0.05, 0) is 79.1 Å². The fourth-order valence-corrected chi connectivity index (χ4v) is 5.49. The Balaban J connectivity index is 1.23. The van der Waals surface area contributed by atoms with Crippen molar-refractivity contribution in [1.29, 1.82) is 0 Å². The van der Waals surface area contributed by atoms with E-state index in [9.17, 15) is 14.4 Å². The summed E-state index contributed by atoms with van der Waals surface area (Å²) in [6.07, 6.45) is 4.01. The third-order valence-electron chi connectivity index (χ3n) is 7.58. The lowest BCUT2D eigenvalue weighted by atomic mass is 9.99. The highest BCUT2D eigenvalue weighted by Crippen LogP contribution is 2.31. The first-order chi connectivity index (χ1) is 18.4. The molecule has 8 nitrogen and oxygen atoms in total. The molecule has 0 radical (unpaired) electrons. The maximum atomic E-state index is 13.2. The lowest BCUT2D eigenvalue weighted by molar-refractivity contribution is -0.145. The number of pyridine rings is 1. The van der Waals surface area contributed by atoms with Crippen LogP contribution >= 0.6 is 0 Å². The fourth-order valence-electron chi connectivity index (χ4n) is 5.49. The monoisotopic (exact) mass is 507 g/mol. The first-order valence-corrected chi connectivity index (χ1v) is 13.0. The summed E-state index contributed by atoms with van der Waals surface area (Å²) in [4.78, 5) is 44.4. The second kappa shape index (κ2) is 9.52. The van der Waals surface area contributed by atoms with Crippen LogP contribution in [0.1, 0.15) is 47.1 Å². The number of nitrogens with one attached hydrogen (secondary N) is 1. The molecule has 2 aromatic heterocycles. The predicted molar refractivity (Wildman–Crippen MR) is 145 cm³/mol. The zero-order chi connectivity index (χ0) is 26.4. The molecular formula is C30H29N5O3. The highest BCUT2D eigenvalue weighted by Gasteiger charge is 2.38. The Kier molecular flexibility index (Phi) is 6.02. The van der Waals surface area contributed by atoms with Crippen molar-refractivity contribution in [3.63, 3.8) is 0 Å². The minimum Gasteiger partial charge on any atom is -0.329 e. The average Bonchev–Trinajstić information content (AvgIpc) is 3.47. The van der Waals surface area contributed by atoms with Crippen molar-refractivity contribution in [2.45, 2.75) is 52.1 Å². The molecule has 8 heteroatoms. The van der Waals surface area contributed by atoms with Crippen molar-refractivity contribution >= 4 is 34.3 Å². The Bertz CT molecular complexity index is 1600. The van der Waals surface area contributed by atoms with Gasteiger partial charge in [0.25, 0.3) is 0 Å². The van der Waals surface area contributed by atoms with Gasteiger partial charge in [-0.25, -0.2) is 4.98 Å². The summed E-state index contributed by atoms with van der Waals surface area (Å²) in [5, 5.41) is 8.06. The van der Waals surface area contributed by atoms with E-state index >= 15 is 0 Å². The smallest absolute Gasteiger partial charge is 0.248 e. The van der Waals surface area contributed by atoms with Gasteiger partial charge >= 0.3 is 0 Å². The highest BCUT2D eigenvalue weighted by atomic mass is 16.2. The number of amides is 2. The molecule has 1 saturated heterocycles. The van der Waals surface area contributed by atoms with E-state index in [1.165, 1.54) is 24.5 Å². The number of Topliss-reactive ketones (excluding diaryl/α,β-unsaturated/α-hetero) is 1. The van der Waals surface area contributed by atoms with Crippen molar-refractivity contribution in [3.8, 4) is 11.1 Å². The lowest BCUT2D eigenvalue weighted by Crippen LogP contribution is -2.57. The van der Waals surface area contributed by atoms with E-state index in [4.69, 9.17) is 0 Å². The number of nitrogens with zero attached hydrogens (tertiary/aromatic N) is 4. The first-order valence-electron chi connectivity index (χ1n) is 13.0. The first kappa shape index (κ1) is 24.0. The van der Waals surface area contributed by atoms with Crippen molar-refractivity contribution < 1.29 is 14.4 Å². The van der Waals surface area contributed by atoms with Gasteiger partial charge in [0.1, 0.15) is 24.1 Å². The van der Waals surface area contributed by atoms with Gasteiger partial charge in [0, 0.05) is 24.5 Å². The van der Waals surface area contributed by atoms with Crippen LogP contribution in [0.4, 0.5) is 5.82 Å². The van der Waals surface area contributed by atoms with E-state index in [0.717, 1.165) is 40.6 Å². The van der Waals surface area contributed by atoms with E-state index in [-0.39, 0.29) is 24.1 Å². The molecule has 1 aliphatic carbocycles. The zero-order valence-corrected chi connectivity index (χ0v) is 21.5. The van der Waals surface area contributed by atoms with Gasteiger partial charge in [0.15, 0.2) is 5.78 Å². The van der Waals surface area contributed by atoms with E-state index in [1.807, 2.05) is 37.3 Å². The molecule has 0 unspecified atom stereocenters. The summed E-state index contributed by atoms with van der Waals surface area (Å²) in [5.74, 6) is -0.149. The third-order valence-corrected chi connectivity index (χ3v) is 7.58. The van der Waals surface area contributed by atoms with Crippen LogP contribution in [0.25, 0.3) is 22.0 Å². The Labute approximate surface area is 220 Å². The van der Waals surface area contributed by atoms with Crippen LogP contribution in [0.15, 0.2) is 54.6 Å². The molecule has 1 atom stereocenters. The van der Waals surface area contributed by atoms with Crippen molar-refractivity contribution in [2.75, 3.05) is 11.9 Å². The summed E-state index contributed by atoms with van der Waals surface area (Å²) in [6, 6.07) is 17.4. The lowest BCUT2D eigenvalue weighted by Gasteiger charge is -2.39. The molecular weight excluding hydrogens is 478 g/mol. The van der Waals surface area contributed by atoms with Crippen LogP contribution in [0.2, 0.25) is 0 Å². The molecule has 3 heterocycles. The molecule has 1 aliphatic heterocycles. The molecule has 192 valence electrons. The van der Waals surface area contributed by atoms with Gasteiger partial charge in [-0.3, -0.25) is 19.1 Å². The van der Waals surface area contributed by atoms with E-state index in [1.54, 1.807) is 15.6 Å². The number of carbonyl (C=O) groups is 3. The minimum absolute atomic E-state index is 0.0472. The fraction of sp³-hybridized carbons (Fsp3) is 0.300. The number of aryl methyl sites for hydroxylation is 3. The molecule has 2 amide bonds. The number of rotatable bonds is 6.